The van der Waals surface area contributed by atoms with Crippen LogP contribution in [0.2, 0.25) is 0 Å². The Bertz CT molecular complexity index is 1120. The topological polar surface area (TPSA) is 105 Å². The predicted octanol–water partition coefficient (Wildman–Crippen LogP) is 3.75. The van der Waals surface area contributed by atoms with Crippen LogP contribution in [0, 0.1) is 13.8 Å². The van der Waals surface area contributed by atoms with Crippen LogP contribution in [0.1, 0.15) is 44.9 Å². The van der Waals surface area contributed by atoms with Crippen molar-refractivity contribution in [1.82, 2.24) is 25.5 Å². The highest BCUT2D eigenvalue weighted by molar-refractivity contribution is 7.86. The molecular weight excluding hydrogens is 412 g/mol. The lowest BCUT2D eigenvalue weighted by atomic mass is 10.1. The molecule has 166 valence electrons. The number of ether oxygens (including phenoxy) is 1. The third-order valence-electron chi connectivity index (χ3n) is 5.53. The summed E-state index contributed by atoms with van der Waals surface area (Å²) in [7, 11) is -1.27. The van der Waals surface area contributed by atoms with Gasteiger partial charge in [-0.05, 0) is 66.6 Å². The highest BCUT2D eigenvalue weighted by Gasteiger charge is 2.27. The fourth-order valence-electron chi connectivity index (χ4n) is 3.54. The van der Waals surface area contributed by atoms with Gasteiger partial charge in [-0.1, -0.05) is 0 Å². The summed E-state index contributed by atoms with van der Waals surface area (Å²) in [5.41, 5.74) is 2.75. The Hall–Kier alpha value is -2.52. The predicted molar refractivity (Wildman–Crippen MR) is 124 cm³/mol. The number of aromatic amines is 1. The number of nitrogens with one attached hydrogen (secondary N) is 3. The van der Waals surface area contributed by atoms with Crippen molar-refractivity contribution < 1.29 is 8.95 Å². The maximum atomic E-state index is 13.4. The number of hydrogen-bond acceptors (Lipinski definition) is 7. The number of benzene rings is 1. The van der Waals surface area contributed by atoms with Crippen LogP contribution in [-0.2, 0) is 10.8 Å². The molecule has 1 aromatic carbocycles. The van der Waals surface area contributed by atoms with Crippen molar-refractivity contribution in [3.05, 3.63) is 29.7 Å². The molecule has 4 rings (SSSR count). The molecule has 0 amide bonds. The van der Waals surface area contributed by atoms with Gasteiger partial charge in [0.1, 0.15) is 24.0 Å². The maximum absolute atomic E-state index is 13.4. The summed E-state index contributed by atoms with van der Waals surface area (Å²) in [4.78, 5) is 9.57. The lowest BCUT2D eigenvalue weighted by Gasteiger charge is -2.26. The van der Waals surface area contributed by atoms with E-state index < -0.39 is 15.5 Å². The molecule has 0 radical (unpaired) electrons. The maximum Gasteiger partial charge on any atom is 0.156 e. The molecule has 3 heterocycles. The molecule has 1 aliphatic heterocycles. The van der Waals surface area contributed by atoms with E-state index in [1.54, 1.807) is 0 Å². The van der Waals surface area contributed by atoms with Crippen LogP contribution in [0.25, 0.3) is 10.9 Å². The van der Waals surface area contributed by atoms with Crippen molar-refractivity contribution in [2.24, 2.45) is 0 Å². The van der Waals surface area contributed by atoms with Gasteiger partial charge in [0.25, 0.3) is 0 Å². The van der Waals surface area contributed by atoms with E-state index in [1.807, 2.05) is 46.8 Å². The number of H-pyrrole nitrogens is 1. The first-order valence-corrected chi connectivity index (χ1v) is 11.8. The molecule has 9 heteroatoms. The van der Waals surface area contributed by atoms with Gasteiger partial charge in [0.2, 0.25) is 0 Å². The van der Waals surface area contributed by atoms with E-state index in [0.717, 1.165) is 48.1 Å². The lowest BCUT2D eigenvalue weighted by Crippen LogP contribution is -2.34. The fourth-order valence-corrected chi connectivity index (χ4v) is 4.72. The number of aryl methyl sites for hydroxylation is 1. The summed E-state index contributed by atoms with van der Waals surface area (Å²) in [6.07, 6.45) is 3.47. The molecule has 1 aliphatic rings. The average Bonchev–Trinajstić information content (AvgIpc) is 3.05. The molecule has 1 unspecified atom stereocenters. The quantitative estimate of drug-likeness (QED) is 0.553. The van der Waals surface area contributed by atoms with Gasteiger partial charge < -0.3 is 15.4 Å². The third-order valence-corrected chi connectivity index (χ3v) is 7.36. The van der Waals surface area contributed by atoms with Crippen LogP contribution >= 0.6 is 0 Å². The Morgan fingerprint density at radius 1 is 1.13 bits per heavy atom. The SMILES string of the molecule is Cc1[nH]nc(Nc2ncnc3cc(OC4CCNCC4)c(S(=O)C(C)(C)C)cc23)c1C. The van der Waals surface area contributed by atoms with Gasteiger partial charge in [-0.15, -0.1) is 0 Å². The van der Waals surface area contributed by atoms with E-state index in [-0.39, 0.29) is 6.10 Å². The Morgan fingerprint density at radius 3 is 2.52 bits per heavy atom. The second kappa shape index (κ2) is 8.55. The average molecular weight is 443 g/mol. The van der Waals surface area contributed by atoms with Gasteiger partial charge in [-0.3, -0.25) is 9.31 Å². The van der Waals surface area contributed by atoms with Gasteiger partial charge in [0.05, 0.1) is 21.2 Å². The molecule has 3 N–H and O–H groups in total. The van der Waals surface area contributed by atoms with Crippen LogP contribution in [0.4, 0.5) is 11.6 Å². The Labute approximate surface area is 185 Å². The van der Waals surface area contributed by atoms with Crippen LogP contribution in [-0.4, -0.2) is 48.3 Å². The number of anilines is 2. The minimum absolute atomic E-state index is 0.100. The van der Waals surface area contributed by atoms with Crippen LogP contribution in [0.3, 0.4) is 0 Å². The third kappa shape index (κ3) is 4.57. The summed E-state index contributed by atoms with van der Waals surface area (Å²) in [5, 5.41) is 14.7. The highest BCUT2D eigenvalue weighted by Crippen LogP contribution is 2.36. The Balaban J connectivity index is 1.80. The van der Waals surface area contributed by atoms with Crippen molar-refractivity contribution in [2.75, 3.05) is 18.4 Å². The molecule has 2 aromatic heterocycles. The largest absolute Gasteiger partial charge is 0.489 e. The summed E-state index contributed by atoms with van der Waals surface area (Å²) >= 11 is 0. The molecule has 8 nitrogen and oxygen atoms in total. The first-order chi connectivity index (χ1) is 14.7. The minimum Gasteiger partial charge on any atom is -0.489 e. The van der Waals surface area contributed by atoms with E-state index in [2.05, 4.69) is 30.8 Å². The second-order valence-corrected chi connectivity index (χ2v) is 11.1. The van der Waals surface area contributed by atoms with Gasteiger partial charge in [0.15, 0.2) is 5.82 Å². The molecule has 31 heavy (non-hydrogen) atoms. The summed E-state index contributed by atoms with van der Waals surface area (Å²) < 4.78 is 19.4. The zero-order chi connectivity index (χ0) is 22.2. The van der Waals surface area contributed by atoms with Crippen molar-refractivity contribution >= 4 is 33.3 Å². The number of rotatable bonds is 5. The zero-order valence-corrected chi connectivity index (χ0v) is 19.5. The van der Waals surface area contributed by atoms with E-state index in [1.165, 1.54) is 6.33 Å². The van der Waals surface area contributed by atoms with E-state index >= 15 is 0 Å². The van der Waals surface area contributed by atoms with Gasteiger partial charge in [-0.25, -0.2) is 9.97 Å². The first-order valence-electron chi connectivity index (χ1n) is 10.6. The van der Waals surface area contributed by atoms with Crippen LogP contribution in [0.5, 0.6) is 5.75 Å². The molecule has 1 saturated heterocycles. The molecule has 0 aliphatic carbocycles. The minimum atomic E-state index is -1.27. The number of nitrogens with zero attached hydrogens (tertiary/aromatic N) is 3. The molecule has 3 aromatic rings. The molecule has 1 fully saturated rings. The highest BCUT2D eigenvalue weighted by atomic mass is 32.2. The summed E-state index contributed by atoms with van der Waals surface area (Å²) in [5.74, 6) is 1.98. The summed E-state index contributed by atoms with van der Waals surface area (Å²) in [6.45, 7) is 11.7. The van der Waals surface area contributed by atoms with Crippen molar-refractivity contribution in [2.45, 2.75) is 63.2 Å². The number of piperidine rings is 1. The standard InChI is InChI=1S/C22H30N6O2S/c1-13-14(2)27-28-20(13)26-21-16-10-19(31(29)22(3,4)5)18(11-17(16)24-12-25-21)30-15-6-8-23-9-7-15/h10-12,15,23H,6-9H2,1-5H3,(H2,24,25,26,27,28). The molecule has 0 saturated carbocycles. The second-order valence-electron chi connectivity index (χ2n) is 8.93. The number of fused-ring (bicyclic) bond motifs is 1. The Kier molecular flexibility index (Phi) is 5.98. The van der Waals surface area contributed by atoms with Crippen LogP contribution in [0.15, 0.2) is 23.4 Å². The van der Waals surface area contributed by atoms with Crippen molar-refractivity contribution in [3.8, 4) is 5.75 Å². The van der Waals surface area contributed by atoms with Gasteiger partial charge >= 0.3 is 0 Å². The molecule has 0 spiro atoms. The lowest BCUT2D eigenvalue weighted by molar-refractivity contribution is 0.158. The number of aromatic nitrogens is 4. The first kappa shape index (κ1) is 21.7. The number of hydrogen-bond donors (Lipinski definition) is 3. The van der Waals surface area contributed by atoms with E-state index in [9.17, 15) is 4.21 Å². The van der Waals surface area contributed by atoms with E-state index in [4.69, 9.17) is 4.74 Å². The van der Waals surface area contributed by atoms with E-state index in [0.29, 0.717) is 22.3 Å². The molecule has 0 bridgehead atoms. The van der Waals surface area contributed by atoms with Crippen molar-refractivity contribution in [1.29, 1.82) is 0 Å². The molecule has 1 atom stereocenters. The normalized spacial score (nSPS) is 16.4. The van der Waals surface area contributed by atoms with Gasteiger partial charge in [0, 0.05) is 27.5 Å². The van der Waals surface area contributed by atoms with Crippen molar-refractivity contribution in [3.63, 3.8) is 0 Å². The Morgan fingerprint density at radius 2 is 1.87 bits per heavy atom. The fraction of sp³-hybridized carbons (Fsp3) is 0.500. The zero-order valence-electron chi connectivity index (χ0n) is 18.7. The van der Waals surface area contributed by atoms with Gasteiger partial charge in [-0.2, -0.15) is 5.10 Å². The monoisotopic (exact) mass is 442 g/mol. The smallest absolute Gasteiger partial charge is 0.156 e. The van der Waals surface area contributed by atoms with Crippen LogP contribution < -0.4 is 15.4 Å². The molecular formula is C22H30N6O2S. The summed E-state index contributed by atoms with van der Waals surface area (Å²) in [6, 6.07) is 3.80.